The number of likely N-dealkylation sites (N-methyl/N-ethyl adjacent to an activating group) is 1. The lowest BCUT2D eigenvalue weighted by atomic mass is 10.0. The molecule has 0 aliphatic carbocycles. The number of anilines is 1. The van der Waals surface area contributed by atoms with Crippen LogP contribution < -0.4 is 4.90 Å². The molecule has 2 aliphatic rings. The summed E-state index contributed by atoms with van der Waals surface area (Å²) in [5.41, 5.74) is 4.87. The summed E-state index contributed by atoms with van der Waals surface area (Å²) in [7, 11) is 2.23. The minimum atomic E-state index is 0.477. The highest BCUT2D eigenvalue weighted by molar-refractivity contribution is 5.67. The Morgan fingerprint density at radius 2 is 1.67 bits per heavy atom. The molecular formula is C21H23N3. The van der Waals surface area contributed by atoms with E-state index in [1.165, 1.54) is 42.9 Å². The van der Waals surface area contributed by atoms with Crippen molar-refractivity contribution in [1.82, 2.24) is 4.90 Å². The number of benzene rings is 2. The number of nitrogens with zero attached hydrogens (tertiary/aromatic N) is 3. The Bertz CT molecular complexity index is 742. The molecular weight excluding hydrogens is 294 g/mol. The zero-order valence-electron chi connectivity index (χ0n) is 14.2. The third-order valence-corrected chi connectivity index (χ3v) is 5.50. The van der Waals surface area contributed by atoms with Gasteiger partial charge in [-0.2, -0.15) is 5.26 Å². The van der Waals surface area contributed by atoms with Gasteiger partial charge in [-0.3, -0.25) is 0 Å². The fourth-order valence-electron chi connectivity index (χ4n) is 4.24. The van der Waals surface area contributed by atoms with E-state index >= 15 is 0 Å². The van der Waals surface area contributed by atoms with Gasteiger partial charge in [-0.15, -0.1) is 0 Å². The average molecular weight is 317 g/mol. The molecule has 0 radical (unpaired) electrons. The Hall–Kier alpha value is -2.31. The summed E-state index contributed by atoms with van der Waals surface area (Å²) in [6.07, 6.45) is 1.79. The molecule has 0 amide bonds. The van der Waals surface area contributed by atoms with Gasteiger partial charge in [-0.05, 0) is 48.2 Å². The summed E-state index contributed by atoms with van der Waals surface area (Å²) in [6.45, 7) is 3.62. The van der Waals surface area contributed by atoms with Gasteiger partial charge in [0.05, 0.1) is 12.5 Å². The predicted octanol–water partition coefficient (Wildman–Crippen LogP) is 3.56. The molecule has 24 heavy (non-hydrogen) atoms. The Morgan fingerprint density at radius 3 is 2.33 bits per heavy atom. The van der Waals surface area contributed by atoms with E-state index in [0.717, 1.165) is 11.5 Å². The topological polar surface area (TPSA) is 30.3 Å². The van der Waals surface area contributed by atoms with E-state index in [2.05, 4.69) is 59.3 Å². The van der Waals surface area contributed by atoms with E-state index in [1.54, 1.807) is 0 Å². The molecule has 0 aromatic heterocycles. The number of nitriles is 1. The number of rotatable bonds is 3. The van der Waals surface area contributed by atoms with Crippen LogP contribution >= 0.6 is 0 Å². The van der Waals surface area contributed by atoms with Crippen molar-refractivity contribution >= 4 is 5.69 Å². The van der Waals surface area contributed by atoms with Gasteiger partial charge in [0.1, 0.15) is 0 Å². The van der Waals surface area contributed by atoms with Crippen molar-refractivity contribution in [3.05, 3.63) is 54.1 Å². The predicted molar refractivity (Wildman–Crippen MR) is 97.9 cm³/mol. The smallest absolute Gasteiger partial charge is 0.0669 e. The Kier molecular flexibility index (Phi) is 4.00. The first kappa shape index (κ1) is 15.2. The zero-order valence-corrected chi connectivity index (χ0v) is 14.2. The monoisotopic (exact) mass is 317 g/mol. The molecule has 0 N–H and O–H groups in total. The van der Waals surface area contributed by atoms with Crippen LogP contribution in [-0.4, -0.2) is 37.6 Å². The minimum Gasteiger partial charge on any atom is -0.367 e. The van der Waals surface area contributed by atoms with Crippen molar-refractivity contribution in [2.75, 3.05) is 31.6 Å². The number of likely N-dealkylation sites (tertiary alicyclic amines) is 1. The van der Waals surface area contributed by atoms with Crippen molar-refractivity contribution in [3.8, 4) is 17.2 Å². The Labute approximate surface area is 144 Å². The lowest BCUT2D eigenvalue weighted by Crippen LogP contribution is -2.34. The second kappa shape index (κ2) is 6.30. The highest BCUT2D eigenvalue weighted by Crippen LogP contribution is 2.35. The van der Waals surface area contributed by atoms with E-state index in [0.29, 0.717) is 12.5 Å². The second-order valence-corrected chi connectivity index (χ2v) is 7.11. The van der Waals surface area contributed by atoms with Crippen molar-refractivity contribution in [1.29, 1.82) is 5.26 Å². The van der Waals surface area contributed by atoms with Gasteiger partial charge in [0.15, 0.2) is 0 Å². The molecule has 2 heterocycles. The average Bonchev–Trinajstić information content (AvgIpc) is 3.15. The van der Waals surface area contributed by atoms with Crippen LogP contribution in [0.4, 0.5) is 5.69 Å². The maximum Gasteiger partial charge on any atom is 0.0669 e. The lowest BCUT2D eigenvalue weighted by molar-refractivity contribution is 0.386. The molecule has 122 valence electrons. The van der Waals surface area contributed by atoms with Crippen LogP contribution in [0.2, 0.25) is 0 Å². The normalized spacial score (nSPS) is 23.2. The molecule has 4 rings (SSSR count). The maximum absolute atomic E-state index is 8.76. The summed E-state index contributed by atoms with van der Waals surface area (Å²) in [4.78, 5) is 5.05. The first-order valence-electron chi connectivity index (χ1n) is 8.76. The van der Waals surface area contributed by atoms with Crippen molar-refractivity contribution in [2.45, 2.75) is 18.9 Å². The number of hydrogen-bond donors (Lipinski definition) is 0. The summed E-state index contributed by atoms with van der Waals surface area (Å²) < 4.78 is 0. The van der Waals surface area contributed by atoms with Gasteiger partial charge < -0.3 is 9.80 Å². The lowest BCUT2D eigenvalue weighted by Gasteiger charge is -2.26. The van der Waals surface area contributed by atoms with Crippen LogP contribution in [0.25, 0.3) is 11.1 Å². The molecule has 3 heteroatoms. The molecule has 3 nitrogen and oxygen atoms in total. The standard InChI is InChI=1S/C21H23N3/c1-23-14-19-11-13-24(21(19)15-23)20-8-6-18(7-9-20)17-4-2-16(3-5-17)10-12-22/h2-9,19,21H,10-11,13-15H2,1H3/t19-,21+/m1/s1. The second-order valence-electron chi connectivity index (χ2n) is 7.11. The van der Waals surface area contributed by atoms with Crippen LogP contribution in [0.1, 0.15) is 12.0 Å². The van der Waals surface area contributed by atoms with E-state index < -0.39 is 0 Å². The molecule has 2 atom stereocenters. The third-order valence-electron chi connectivity index (χ3n) is 5.50. The van der Waals surface area contributed by atoms with Crippen molar-refractivity contribution < 1.29 is 0 Å². The van der Waals surface area contributed by atoms with Gasteiger partial charge in [-0.25, -0.2) is 0 Å². The highest BCUT2D eigenvalue weighted by Gasteiger charge is 2.39. The largest absolute Gasteiger partial charge is 0.367 e. The van der Waals surface area contributed by atoms with Gasteiger partial charge >= 0.3 is 0 Å². The Balaban J connectivity index is 1.52. The molecule has 0 saturated carbocycles. The number of hydrogen-bond acceptors (Lipinski definition) is 3. The van der Waals surface area contributed by atoms with Gasteiger partial charge in [0.25, 0.3) is 0 Å². The highest BCUT2D eigenvalue weighted by atomic mass is 15.3. The van der Waals surface area contributed by atoms with Gasteiger partial charge in [0, 0.05) is 31.4 Å². The maximum atomic E-state index is 8.76. The SMILES string of the molecule is CN1C[C@H]2CCN(c3ccc(-c4ccc(CC#N)cc4)cc3)[C@H]2C1. The molecule has 0 bridgehead atoms. The molecule has 2 aromatic rings. The molecule has 2 fully saturated rings. The van der Waals surface area contributed by atoms with Crippen LogP contribution in [0.3, 0.4) is 0 Å². The van der Waals surface area contributed by atoms with Crippen LogP contribution in [-0.2, 0) is 6.42 Å². The quantitative estimate of drug-likeness (QED) is 0.867. The first-order valence-corrected chi connectivity index (χ1v) is 8.76. The summed E-state index contributed by atoms with van der Waals surface area (Å²) in [6, 6.07) is 20.2. The molecule has 0 spiro atoms. The molecule has 0 unspecified atom stereocenters. The van der Waals surface area contributed by atoms with E-state index in [9.17, 15) is 0 Å². The molecule has 2 aliphatic heterocycles. The van der Waals surface area contributed by atoms with Crippen molar-refractivity contribution in [2.24, 2.45) is 5.92 Å². The zero-order chi connectivity index (χ0) is 16.5. The summed E-state index contributed by atoms with van der Waals surface area (Å²) >= 11 is 0. The summed E-state index contributed by atoms with van der Waals surface area (Å²) in [5, 5.41) is 8.76. The Morgan fingerprint density at radius 1 is 1.00 bits per heavy atom. The first-order chi connectivity index (χ1) is 11.7. The van der Waals surface area contributed by atoms with E-state index in [4.69, 9.17) is 5.26 Å². The van der Waals surface area contributed by atoms with Gasteiger partial charge in [0.2, 0.25) is 0 Å². The van der Waals surface area contributed by atoms with Crippen LogP contribution in [0.15, 0.2) is 48.5 Å². The van der Waals surface area contributed by atoms with E-state index in [-0.39, 0.29) is 0 Å². The fourth-order valence-corrected chi connectivity index (χ4v) is 4.24. The van der Waals surface area contributed by atoms with Gasteiger partial charge in [-0.1, -0.05) is 36.4 Å². The van der Waals surface area contributed by atoms with Crippen LogP contribution in [0.5, 0.6) is 0 Å². The molecule has 2 aromatic carbocycles. The number of fused-ring (bicyclic) bond motifs is 1. The van der Waals surface area contributed by atoms with Crippen LogP contribution in [0, 0.1) is 17.2 Å². The fraction of sp³-hybridized carbons (Fsp3) is 0.381. The minimum absolute atomic E-state index is 0.477. The van der Waals surface area contributed by atoms with Crippen molar-refractivity contribution in [3.63, 3.8) is 0 Å². The molecule has 2 saturated heterocycles. The summed E-state index contributed by atoms with van der Waals surface area (Å²) in [5.74, 6) is 0.836. The third kappa shape index (κ3) is 2.79. The van der Waals surface area contributed by atoms with E-state index in [1.807, 2.05) is 12.1 Å².